The molecule has 0 bridgehead atoms. The predicted molar refractivity (Wildman–Crippen MR) is 71.4 cm³/mol. The fourth-order valence-corrected chi connectivity index (χ4v) is 2.19. The highest BCUT2D eigenvalue weighted by Crippen LogP contribution is 2.30. The average molecular weight is 247 g/mol. The summed E-state index contributed by atoms with van der Waals surface area (Å²) in [5.41, 5.74) is 2.83. The molecule has 0 radical (unpaired) electrons. The second-order valence-corrected chi connectivity index (χ2v) is 5.45. The van der Waals surface area contributed by atoms with Crippen molar-refractivity contribution in [3.63, 3.8) is 0 Å². The van der Waals surface area contributed by atoms with E-state index in [1.54, 1.807) is 0 Å². The summed E-state index contributed by atoms with van der Waals surface area (Å²) in [6, 6.07) is 6.07. The molecule has 1 aromatic rings. The highest BCUT2D eigenvalue weighted by Gasteiger charge is 2.34. The van der Waals surface area contributed by atoms with Crippen LogP contribution in [0.4, 0.5) is 0 Å². The van der Waals surface area contributed by atoms with Crippen molar-refractivity contribution in [3.8, 4) is 0 Å². The molecule has 1 aliphatic rings. The van der Waals surface area contributed by atoms with Gasteiger partial charge in [0.05, 0.1) is 12.0 Å². The standard InChI is InChI=1S/C15H21NO2/c1-11-4-5-13(8-12(11)2)9-14(17)16-10-15(18)6-3-7-15/h4-5,8,18H,3,6-7,9-10H2,1-2H3,(H,16,17). The molecule has 3 heteroatoms. The molecule has 1 saturated carbocycles. The molecule has 98 valence electrons. The van der Waals surface area contributed by atoms with Gasteiger partial charge in [-0.2, -0.15) is 0 Å². The summed E-state index contributed by atoms with van der Waals surface area (Å²) in [5, 5.41) is 12.7. The Kier molecular flexibility index (Phi) is 3.71. The van der Waals surface area contributed by atoms with E-state index in [0.29, 0.717) is 13.0 Å². The number of nitrogens with one attached hydrogen (secondary N) is 1. The molecule has 1 amide bonds. The van der Waals surface area contributed by atoms with Gasteiger partial charge in [0.15, 0.2) is 0 Å². The zero-order valence-electron chi connectivity index (χ0n) is 11.1. The van der Waals surface area contributed by atoms with E-state index in [0.717, 1.165) is 24.8 Å². The Morgan fingerprint density at radius 3 is 2.61 bits per heavy atom. The van der Waals surface area contributed by atoms with Gasteiger partial charge in [-0.1, -0.05) is 18.2 Å². The molecule has 0 heterocycles. The van der Waals surface area contributed by atoms with Gasteiger partial charge < -0.3 is 10.4 Å². The van der Waals surface area contributed by atoms with Gasteiger partial charge in [0.1, 0.15) is 0 Å². The smallest absolute Gasteiger partial charge is 0.224 e. The van der Waals surface area contributed by atoms with Crippen molar-refractivity contribution in [2.75, 3.05) is 6.54 Å². The quantitative estimate of drug-likeness (QED) is 0.853. The van der Waals surface area contributed by atoms with Crippen LogP contribution in [-0.4, -0.2) is 23.2 Å². The molecule has 0 aromatic heterocycles. The van der Waals surface area contributed by atoms with E-state index in [2.05, 4.69) is 12.2 Å². The minimum Gasteiger partial charge on any atom is -0.388 e. The highest BCUT2D eigenvalue weighted by molar-refractivity contribution is 5.78. The van der Waals surface area contributed by atoms with Crippen molar-refractivity contribution in [1.82, 2.24) is 5.32 Å². The van der Waals surface area contributed by atoms with Crippen LogP contribution in [0.5, 0.6) is 0 Å². The van der Waals surface area contributed by atoms with Gasteiger partial charge in [0.2, 0.25) is 5.91 Å². The summed E-state index contributed by atoms with van der Waals surface area (Å²) in [5.74, 6) is -0.0152. The van der Waals surface area contributed by atoms with Crippen LogP contribution in [0.1, 0.15) is 36.0 Å². The largest absolute Gasteiger partial charge is 0.388 e. The third-order valence-electron chi connectivity index (χ3n) is 3.83. The molecule has 1 aliphatic carbocycles. The van der Waals surface area contributed by atoms with Crippen LogP contribution >= 0.6 is 0 Å². The van der Waals surface area contributed by atoms with Crippen molar-refractivity contribution in [1.29, 1.82) is 0 Å². The Morgan fingerprint density at radius 2 is 2.06 bits per heavy atom. The van der Waals surface area contributed by atoms with E-state index in [9.17, 15) is 9.90 Å². The summed E-state index contributed by atoms with van der Waals surface area (Å²) in [7, 11) is 0. The van der Waals surface area contributed by atoms with Crippen LogP contribution < -0.4 is 5.32 Å². The lowest BCUT2D eigenvalue weighted by Crippen LogP contribution is -2.48. The molecular formula is C15H21NO2. The van der Waals surface area contributed by atoms with Gasteiger partial charge in [-0.3, -0.25) is 4.79 Å². The molecule has 1 aromatic carbocycles. The number of amides is 1. The van der Waals surface area contributed by atoms with Crippen LogP contribution in [0.25, 0.3) is 0 Å². The lowest BCUT2D eigenvalue weighted by Gasteiger charge is -2.36. The first-order valence-corrected chi connectivity index (χ1v) is 6.54. The van der Waals surface area contributed by atoms with Crippen LogP contribution in [0.3, 0.4) is 0 Å². The maximum Gasteiger partial charge on any atom is 0.224 e. The van der Waals surface area contributed by atoms with E-state index in [1.807, 2.05) is 25.1 Å². The maximum absolute atomic E-state index is 11.8. The summed E-state index contributed by atoms with van der Waals surface area (Å²) in [4.78, 5) is 11.8. The second-order valence-electron chi connectivity index (χ2n) is 5.45. The number of rotatable bonds is 4. The lowest BCUT2D eigenvalue weighted by molar-refractivity contribution is -0.122. The van der Waals surface area contributed by atoms with E-state index < -0.39 is 5.60 Å². The molecule has 0 spiro atoms. The van der Waals surface area contributed by atoms with E-state index in [4.69, 9.17) is 0 Å². The van der Waals surface area contributed by atoms with Crippen LogP contribution in [0.15, 0.2) is 18.2 Å². The first kappa shape index (κ1) is 13.1. The Balaban J connectivity index is 1.85. The fourth-order valence-electron chi connectivity index (χ4n) is 2.19. The van der Waals surface area contributed by atoms with Crippen LogP contribution in [0.2, 0.25) is 0 Å². The second kappa shape index (κ2) is 5.11. The third kappa shape index (κ3) is 3.10. The van der Waals surface area contributed by atoms with Gasteiger partial charge in [0, 0.05) is 6.54 Å². The third-order valence-corrected chi connectivity index (χ3v) is 3.83. The van der Waals surface area contributed by atoms with Gasteiger partial charge in [-0.25, -0.2) is 0 Å². The molecule has 0 aliphatic heterocycles. The topological polar surface area (TPSA) is 49.3 Å². The van der Waals surface area contributed by atoms with Gasteiger partial charge in [-0.05, 0) is 49.8 Å². The molecular weight excluding hydrogens is 226 g/mol. The van der Waals surface area contributed by atoms with Crippen molar-refractivity contribution in [2.24, 2.45) is 0 Å². The number of aliphatic hydroxyl groups is 1. The first-order valence-electron chi connectivity index (χ1n) is 6.54. The monoisotopic (exact) mass is 247 g/mol. The fraction of sp³-hybridized carbons (Fsp3) is 0.533. The van der Waals surface area contributed by atoms with E-state index in [-0.39, 0.29) is 5.91 Å². The normalized spacial score (nSPS) is 17.1. The summed E-state index contributed by atoms with van der Waals surface area (Å²) >= 11 is 0. The van der Waals surface area contributed by atoms with Crippen molar-refractivity contribution in [2.45, 2.75) is 45.1 Å². The molecule has 1 fully saturated rings. The summed E-state index contributed by atoms with van der Waals surface area (Å²) in [6.07, 6.45) is 3.05. The van der Waals surface area contributed by atoms with Crippen LogP contribution in [-0.2, 0) is 11.2 Å². The molecule has 0 atom stereocenters. The molecule has 18 heavy (non-hydrogen) atoms. The van der Waals surface area contributed by atoms with Crippen molar-refractivity contribution < 1.29 is 9.90 Å². The SMILES string of the molecule is Cc1ccc(CC(=O)NCC2(O)CCC2)cc1C. The average Bonchev–Trinajstić information content (AvgIpc) is 2.29. The summed E-state index contributed by atoms with van der Waals surface area (Å²) in [6.45, 7) is 4.50. The van der Waals surface area contributed by atoms with Crippen molar-refractivity contribution in [3.05, 3.63) is 34.9 Å². The number of hydrogen-bond donors (Lipinski definition) is 2. The minimum atomic E-state index is -0.640. The van der Waals surface area contributed by atoms with Crippen LogP contribution in [0, 0.1) is 13.8 Å². The summed E-state index contributed by atoms with van der Waals surface area (Å²) < 4.78 is 0. The Labute approximate surface area is 108 Å². The Hall–Kier alpha value is -1.35. The van der Waals surface area contributed by atoms with Gasteiger partial charge >= 0.3 is 0 Å². The predicted octanol–water partition coefficient (Wildman–Crippen LogP) is 1.88. The first-order chi connectivity index (χ1) is 8.48. The molecule has 3 nitrogen and oxygen atoms in total. The highest BCUT2D eigenvalue weighted by atomic mass is 16.3. The van der Waals surface area contributed by atoms with E-state index >= 15 is 0 Å². The zero-order chi connectivity index (χ0) is 13.2. The number of aryl methyl sites for hydroxylation is 2. The Morgan fingerprint density at radius 1 is 1.33 bits per heavy atom. The van der Waals surface area contributed by atoms with E-state index in [1.165, 1.54) is 11.1 Å². The Bertz CT molecular complexity index is 450. The molecule has 0 saturated heterocycles. The molecule has 2 N–H and O–H groups in total. The number of carbonyl (C=O) groups is 1. The molecule has 2 rings (SSSR count). The molecule has 0 unspecified atom stereocenters. The number of benzene rings is 1. The minimum absolute atomic E-state index is 0.0152. The number of hydrogen-bond acceptors (Lipinski definition) is 2. The maximum atomic E-state index is 11.8. The van der Waals surface area contributed by atoms with Crippen molar-refractivity contribution >= 4 is 5.91 Å². The van der Waals surface area contributed by atoms with Gasteiger partial charge in [-0.15, -0.1) is 0 Å². The number of carbonyl (C=O) groups excluding carboxylic acids is 1. The zero-order valence-corrected chi connectivity index (χ0v) is 11.1. The van der Waals surface area contributed by atoms with Gasteiger partial charge in [0.25, 0.3) is 0 Å². The lowest BCUT2D eigenvalue weighted by atomic mass is 9.80.